The number of methoxy groups -OCH3 is 1. The molecule has 1 heterocycles. The second-order valence-corrected chi connectivity index (χ2v) is 3.26. The molecule has 1 aromatic rings. The van der Waals surface area contributed by atoms with Gasteiger partial charge in [0.05, 0.1) is 18.4 Å². The Kier molecular flexibility index (Phi) is 3.00. The fourth-order valence-electron chi connectivity index (χ4n) is 1.63. The quantitative estimate of drug-likeness (QED) is 0.763. The van der Waals surface area contributed by atoms with E-state index in [2.05, 4.69) is 10.3 Å². The van der Waals surface area contributed by atoms with E-state index in [1.807, 2.05) is 24.5 Å². The minimum Gasteiger partial charge on any atom is -0.541 e. The van der Waals surface area contributed by atoms with E-state index in [9.17, 15) is 4.79 Å². The van der Waals surface area contributed by atoms with Crippen molar-refractivity contribution in [1.82, 2.24) is 0 Å². The van der Waals surface area contributed by atoms with Crippen molar-refractivity contribution in [1.29, 1.82) is 0 Å². The van der Waals surface area contributed by atoms with Crippen molar-refractivity contribution in [2.75, 3.05) is 12.4 Å². The molecule has 0 amide bonds. The lowest BCUT2D eigenvalue weighted by molar-refractivity contribution is 0.405. The monoisotopic (exact) mass is 215 g/mol. The Labute approximate surface area is 93.6 Å². The van der Waals surface area contributed by atoms with Gasteiger partial charge in [0.15, 0.2) is 0 Å². The van der Waals surface area contributed by atoms with Gasteiger partial charge >= 0.3 is 0 Å². The number of carbonyl (C=O) groups excluding carboxylic acids is 1. The summed E-state index contributed by atoms with van der Waals surface area (Å²) in [6.07, 6.45) is 5.47. The number of hydrogen-bond acceptors (Lipinski definition) is 4. The van der Waals surface area contributed by atoms with E-state index in [0.717, 1.165) is 16.8 Å². The first-order chi connectivity index (χ1) is 7.86. The van der Waals surface area contributed by atoms with Gasteiger partial charge in [-0.2, -0.15) is 0 Å². The number of anilines is 1. The highest BCUT2D eigenvalue weighted by molar-refractivity contribution is 6.01. The first-order valence-corrected chi connectivity index (χ1v) is 4.87. The molecule has 1 N–H and O–H groups in total. The lowest BCUT2D eigenvalue weighted by Gasteiger charge is -2.14. The van der Waals surface area contributed by atoms with Crippen molar-refractivity contribution in [3.05, 3.63) is 41.7 Å². The molecule has 4 heteroatoms. The summed E-state index contributed by atoms with van der Waals surface area (Å²) in [6, 6.07) is 5.64. The van der Waals surface area contributed by atoms with E-state index in [4.69, 9.17) is 4.74 Å². The molecule has 0 aromatic heterocycles. The fourth-order valence-corrected chi connectivity index (χ4v) is 1.63. The predicted octanol–water partition coefficient (Wildman–Crippen LogP) is 1.63. The zero-order chi connectivity index (χ0) is 11.4. The molecule has 0 saturated carbocycles. The van der Waals surface area contributed by atoms with Gasteiger partial charge in [0.2, 0.25) is 5.90 Å². The molecule has 0 bridgehead atoms. The van der Waals surface area contributed by atoms with E-state index >= 15 is 0 Å². The number of hydrogen-bond donors (Lipinski definition) is 1. The lowest BCUT2D eigenvalue weighted by atomic mass is 10.0. The van der Waals surface area contributed by atoms with Crippen molar-refractivity contribution in [2.24, 2.45) is 4.99 Å². The average Bonchev–Trinajstić information content (AvgIpc) is 2.52. The van der Waals surface area contributed by atoms with Gasteiger partial charge in [-0.15, -0.1) is 6.42 Å². The van der Waals surface area contributed by atoms with Gasteiger partial charge in [-0.05, 0) is 11.6 Å². The third kappa shape index (κ3) is 1.82. The van der Waals surface area contributed by atoms with E-state index in [1.54, 1.807) is 19.5 Å². The topological polar surface area (TPSA) is 50.7 Å². The number of para-hydroxylation sites is 1. The second kappa shape index (κ2) is 4.61. The molecule has 0 saturated heterocycles. The number of fused-ring (bicyclic) bond motifs is 1. The Morgan fingerprint density at radius 2 is 2.38 bits per heavy atom. The summed E-state index contributed by atoms with van der Waals surface area (Å²) in [4.78, 5) is 14.6. The summed E-state index contributed by atoms with van der Waals surface area (Å²) in [5.41, 5.74) is 2.57. The van der Waals surface area contributed by atoms with Crippen LogP contribution in [0.15, 0.2) is 35.6 Å². The van der Waals surface area contributed by atoms with Gasteiger partial charge in [-0.1, -0.05) is 12.1 Å². The van der Waals surface area contributed by atoms with Gasteiger partial charge in [0.25, 0.3) is 0 Å². The van der Waals surface area contributed by atoms with E-state index < -0.39 is 0 Å². The first kappa shape index (κ1) is 10.4. The average molecular weight is 215 g/mol. The van der Waals surface area contributed by atoms with Crippen LogP contribution in [-0.2, 0) is 16.0 Å². The van der Waals surface area contributed by atoms with Crippen molar-refractivity contribution in [3.63, 3.8) is 0 Å². The van der Waals surface area contributed by atoms with Crippen molar-refractivity contribution >= 4 is 17.9 Å². The molecule has 0 unspecified atom stereocenters. The summed E-state index contributed by atoms with van der Waals surface area (Å²) < 4.78 is 5.19. The zero-order valence-electron chi connectivity index (χ0n) is 8.86. The van der Waals surface area contributed by atoms with Crippen LogP contribution in [0.2, 0.25) is 0 Å². The molecule has 4 nitrogen and oxygen atoms in total. The lowest BCUT2D eigenvalue weighted by Crippen LogP contribution is -2.07. The zero-order valence-corrected chi connectivity index (χ0v) is 8.86. The number of rotatable bonds is 2. The van der Waals surface area contributed by atoms with Crippen LogP contribution in [0, 0.1) is 0 Å². The summed E-state index contributed by atoms with van der Waals surface area (Å²) in [6.45, 7) is 0. The molecule has 1 aliphatic rings. The van der Waals surface area contributed by atoms with Crippen molar-refractivity contribution in [2.45, 2.75) is 6.42 Å². The number of nitrogens with zero attached hydrogens (tertiary/aromatic N) is 1. The maximum Gasteiger partial charge on any atom is 0.222 e. The van der Waals surface area contributed by atoms with E-state index in [0.29, 0.717) is 5.90 Å². The number of nitrogens with one attached hydrogen (secondary N) is 1. The molecule has 82 valence electrons. The first-order valence-electron chi connectivity index (χ1n) is 4.87. The van der Waals surface area contributed by atoms with Crippen molar-refractivity contribution in [3.8, 4) is 0 Å². The predicted molar refractivity (Wildman–Crippen MR) is 62.1 cm³/mol. The molecule has 0 aliphatic carbocycles. The van der Waals surface area contributed by atoms with Crippen LogP contribution in [0.4, 0.5) is 5.69 Å². The molecule has 0 spiro atoms. The van der Waals surface area contributed by atoms with E-state index in [-0.39, 0.29) is 6.42 Å². The molecule has 0 atom stereocenters. The third-order valence-corrected chi connectivity index (χ3v) is 2.33. The molecule has 2 rings (SSSR count). The maximum absolute atomic E-state index is 10.5. The highest BCUT2D eigenvalue weighted by Crippen LogP contribution is 2.24. The third-order valence-electron chi connectivity index (χ3n) is 2.33. The van der Waals surface area contributed by atoms with Crippen LogP contribution in [0.5, 0.6) is 0 Å². The molecule has 1 aliphatic heterocycles. The molecule has 0 fully saturated rings. The minimum absolute atomic E-state index is 0.251. The smallest absolute Gasteiger partial charge is 0.222 e. The summed E-state index contributed by atoms with van der Waals surface area (Å²) >= 11 is 0. The van der Waals surface area contributed by atoms with Gasteiger partial charge in [0, 0.05) is 12.4 Å². The Bertz CT molecular complexity index is 464. The number of benzene rings is 1. The Hall–Kier alpha value is -2.10. The highest BCUT2D eigenvalue weighted by atomic mass is 16.5. The molecule has 0 radical (unpaired) electrons. The maximum atomic E-state index is 10.5. The van der Waals surface area contributed by atoms with E-state index in [1.165, 1.54) is 0 Å². The van der Waals surface area contributed by atoms with Crippen LogP contribution < -0.4 is 5.32 Å². The van der Waals surface area contributed by atoms with Gasteiger partial charge < -0.3 is 14.8 Å². The van der Waals surface area contributed by atoms with Crippen LogP contribution >= 0.6 is 0 Å². The largest absolute Gasteiger partial charge is 0.541 e. The van der Waals surface area contributed by atoms with Gasteiger partial charge in [0.1, 0.15) is 0 Å². The van der Waals surface area contributed by atoms with Crippen LogP contribution in [-0.4, -0.2) is 19.3 Å². The van der Waals surface area contributed by atoms with Crippen LogP contribution in [0.25, 0.3) is 0 Å². The Morgan fingerprint density at radius 3 is 3.12 bits per heavy atom. The molecular weight excluding hydrogens is 204 g/mol. The van der Waals surface area contributed by atoms with Crippen molar-refractivity contribution < 1.29 is 9.53 Å². The standard InChI is InChI=1S/C12H11N2O2/c1-16-12-10-4-2-3-9(5-8-15)11(10)13-6-7-14-12/h2-4,6-7,13H,5H2,1H3/q-1. The number of ether oxygens (including phenoxy) is 1. The number of aliphatic imine (C=N–C) groups is 1. The molecule has 1 aromatic carbocycles. The summed E-state index contributed by atoms with van der Waals surface area (Å²) in [7, 11) is 1.57. The summed E-state index contributed by atoms with van der Waals surface area (Å²) in [5, 5.41) is 3.09. The van der Waals surface area contributed by atoms with Gasteiger partial charge in [-0.25, -0.2) is 4.99 Å². The van der Waals surface area contributed by atoms with Gasteiger partial charge in [-0.3, -0.25) is 6.29 Å². The highest BCUT2D eigenvalue weighted by Gasteiger charge is 2.12. The molecular formula is C12H11N2O2-. The second-order valence-electron chi connectivity index (χ2n) is 3.26. The minimum atomic E-state index is 0.251. The summed E-state index contributed by atoms with van der Waals surface area (Å²) in [5.74, 6) is 0.531. The van der Waals surface area contributed by atoms with Crippen LogP contribution in [0.1, 0.15) is 11.1 Å². The SMILES string of the molecule is COC1=NC=CNc2c(C[C-]=O)cccc21. The van der Waals surface area contributed by atoms with Crippen LogP contribution in [0.3, 0.4) is 0 Å². The Morgan fingerprint density at radius 1 is 1.50 bits per heavy atom. The fraction of sp³-hybridized carbons (Fsp3) is 0.167. The molecule has 16 heavy (non-hydrogen) atoms. The Balaban J connectivity index is 2.54. The normalized spacial score (nSPS) is 13.2.